The van der Waals surface area contributed by atoms with Crippen LogP contribution < -0.4 is 14.9 Å². The van der Waals surface area contributed by atoms with E-state index < -0.39 is 11.3 Å². The number of carbonyl (C=O) groups is 1. The highest BCUT2D eigenvalue weighted by Crippen LogP contribution is 2.36. The molecule has 1 aromatic carbocycles. The van der Waals surface area contributed by atoms with Crippen molar-refractivity contribution >= 4 is 40.4 Å². The fourth-order valence-electron chi connectivity index (χ4n) is 3.75. The second kappa shape index (κ2) is 10.7. The van der Waals surface area contributed by atoms with Gasteiger partial charge in [0.15, 0.2) is 0 Å². The highest BCUT2D eigenvalue weighted by atomic mass is 35.5. The molecular formula is C22H19ClN7O3S-. The minimum Gasteiger partial charge on any atom is -0.760 e. The Bertz CT molecular complexity index is 1300. The molecule has 2 aromatic heterocycles. The fourth-order valence-corrected chi connectivity index (χ4v) is 4.21. The number of halogens is 1. The van der Waals surface area contributed by atoms with Crippen molar-refractivity contribution in [3.8, 4) is 17.3 Å². The van der Waals surface area contributed by atoms with Crippen molar-refractivity contribution in [3.05, 3.63) is 64.6 Å². The van der Waals surface area contributed by atoms with Crippen LogP contribution in [0.3, 0.4) is 0 Å². The molecule has 0 radical (unpaired) electrons. The molecule has 0 saturated carbocycles. The Hall–Kier alpha value is -3.43. The first-order chi connectivity index (χ1) is 16.5. The molecule has 1 amide bonds. The number of rotatable bonds is 8. The lowest BCUT2D eigenvalue weighted by Gasteiger charge is -2.19. The molecule has 10 nitrogen and oxygen atoms in total. The van der Waals surface area contributed by atoms with Gasteiger partial charge in [0, 0.05) is 48.9 Å². The Balaban J connectivity index is 1.56. The zero-order valence-electron chi connectivity index (χ0n) is 17.8. The van der Waals surface area contributed by atoms with Crippen LogP contribution in [0, 0.1) is 11.3 Å². The normalized spacial score (nSPS) is 13.3. The average Bonchev–Trinajstić information content (AvgIpc) is 3.27. The number of hydrogen-bond acceptors (Lipinski definition) is 8. The maximum Gasteiger partial charge on any atom is 0.231 e. The predicted octanol–water partition coefficient (Wildman–Crippen LogP) is 1.99. The van der Waals surface area contributed by atoms with Gasteiger partial charge in [-0.2, -0.15) is 5.26 Å². The number of amides is 1. The van der Waals surface area contributed by atoms with E-state index in [0.717, 1.165) is 11.1 Å². The number of carbonyl (C=O) groups excluding carboxylic acids is 1. The van der Waals surface area contributed by atoms with E-state index in [4.69, 9.17) is 11.6 Å². The molecule has 2 N–H and O–H groups in total. The monoisotopic (exact) mass is 496 g/mol. The van der Waals surface area contributed by atoms with Gasteiger partial charge < -0.3 is 14.8 Å². The van der Waals surface area contributed by atoms with E-state index >= 15 is 0 Å². The van der Waals surface area contributed by atoms with Crippen LogP contribution in [-0.2, 0) is 28.9 Å². The minimum absolute atomic E-state index is 0.0917. The van der Waals surface area contributed by atoms with Gasteiger partial charge in [0.05, 0.1) is 23.4 Å². The molecule has 3 heterocycles. The summed E-state index contributed by atoms with van der Waals surface area (Å²) in [6.45, 7) is 0.965. The van der Waals surface area contributed by atoms with Crippen LogP contribution in [-0.4, -0.2) is 49.3 Å². The first kappa shape index (κ1) is 23.7. The van der Waals surface area contributed by atoms with Gasteiger partial charge in [0.2, 0.25) is 11.9 Å². The Morgan fingerprint density at radius 2 is 2.12 bits per heavy atom. The molecule has 0 fully saturated rings. The maximum absolute atomic E-state index is 13.0. The summed E-state index contributed by atoms with van der Waals surface area (Å²) < 4.78 is 23.3. The van der Waals surface area contributed by atoms with E-state index in [1.165, 1.54) is 0 Å². The van der Waals surface area contributed by atoms with E-state index in [0.29, 0.717) is 48.0 Å². The number of nitrogens with one attached hydrogen (secondary N) is 2. The summed E-state index contributed by atoms with van der Waals surface area (Å²) in [5.41, 5.74) is 3.84. The largest absolute Gasteiger partial charge is 0.760 e. The quantitative estimate of drug-likeness (QED) is 0.273. The van der Waals surface area contributed by atoms with Crippen LogP contribution in [0.25, 0.3) is 11.3 Å². The standard InChI is InChI=1S/C22H20ClN7O3S/c23-21-15(2-1-5-25-21)12-19(31)30-9-4-14-10-16(11-17(13-24)20(14)30)18-3-6-26-22(29-18)27-7-8-28-34(32)33/h1-3,5-6,10-11,28H,4,7-9,12H2,(H,32,33)(H,26,27,29)/p-1. The number of nitriles is 1. The Morgan fingerprint density at radius 3 is 2.88 bits per heavy atom. The Morgan fingerprint density at radius 1 is 1.26 bits per heavy atom. The van der Waals surface area contributed by atoms with Gasteiger partial charge in [-0.05, 0) is 41.8 Å². The second-order valence-corrected chi connectivity index (χ2v) is 8.51. The molecule has 4 rings (SSSR count). The summed E-state index contributed by atoms with van der Waals surface area (Å²) in [4.78, 5) is 27.3. The number of pyridine rings is 1. The molecule has 12 heteroatoms. The van der Waals surface area contributed by atoms with E-state index in [2.05, 4.69) is 31.1 Å². The SMILES string of the molecule is N#Cc1cc(-c2ccnc(NCCNS(=O)[O-])n2)cc2c1N(C(=O)Cc1cccnc1Cl)CC2. The third-order valence-electron chi connectivity index (χ3n) is 5.24. The summed E-state index contributed by atoms with van der Waals surface area (Å²) in [7, 11) is 0. The Kier molecular flexibility index (Phi) is 7.44. The number of nitrogens with zero attached hydrogens (tertiary/aromatic N) is 5. The number of aromatic nitrogens is 3. The van der Waals surface area contributed by atoms with Crippen molar-refractivity contribution in [1.82, 2.24) is 19.7 Å². The summed E-state index contributed by atoms with van der Waals surface area (Å²) in [5.74, 6) is 0.180. The molecule has 1 unspecified atom stereocenters. The van der Waals surface area contributed by atoms with E-state index in [-0.39, 0.29) is 24.0 Å². The number of fused-ring (bicyclic) bond motifs is 1. The topological polar surface area (TPSA) is 147 Å². The molecule has 1 aliphatic rings. The summed E-state index contributed by atoms with van der Waals surface area (Å²) in [6.07, 6.45) is 3.85. The molecule has 1 aliphatic heterocycles. The van der Waals surface area contributed by atoms with Gasteiger partial charge >= 0.3 is 0 Å². The summed E-state index contributed by atoms with van der Waals surface area (Å²) in [6, 6.07) is 11.0. The van der Waals surface area contributed by atoms with Crippen LogP contribution in [0.1, 0.15) is 16.7 Å². The van der Waals surface area contributed by atoms with Crippen molar-refractivity contribution in [2.24, 2.45) is 0 Å². The van der Waals surface area contributed by atoms with Crippen molar-refractivity contribution in [3.63, 3.8) is 0 Å². The average molecular weight is 497 g/mol. The third kappa shape index (κ3) is 5.37. The number of hydrogen-bond donors (Lipinski definition) is 2. The van der Waals surface area contributed by atoms with Gasteiger partial charge in [-0.3, -0.25) is 9.00 Å². The van der Waals surface area contributed by atoms with Crippen molar-refractivity contribution in [1.29, 1.82) is 5.26 Å². The van der Waals surface area contributed by atoms with Crippen LogP contribution in [0.5, 0.6) is 0 Å². The highest BCUT2D eigenvalue weighted by molar-refractivity contribution is 7.77. The van der Waals surface area contributed by atoms with Crippen molar-refractivity contribution in [2.45, 2.75) is 12.8 Å². The van der Waals surface area contributed by atoms with Crippen LogP contribution in [0.2, 0.25) is 5.15 Å². The number of anilines is 2. The van der Waals surface area contributed by atoms with Gasteiger partial charge in [-0.1, -0.05) is 17.7 Å². The van der Waals surface area contributed by atoms with Crippen molar-refractivity contribution < 1.29 is 13.6 Å². The fraction of sp³-hybridized carbons (Fsp3) is 0.227. The molecule has 34 heavy (non-hydrogen) atoms. The van der Waals surface area contributed by atoms with Crippen LogP contribution in [0.15, 0.2) is 42.7 Å². The molecule has 174 valence electrons. The number of benzene rings is 1. The lowest BCUT2D eigenvalue weighted by molar-refractivity contribution is -0.117. The van der Waals surface area contributed by atoms with Crippen LogP contribution in [0.4, 0.5) is 11.6 Å². The van der Waals surface area contributed by atoms with Gasteiger partial charge in [0.1, 0.15) is 11.2 Å². The minimum atomic E-state index is -2.33. The maximum atomic E-state index is 13.0. The lowest BCUT2D eigenvalue weighted by Crippen LogP contribution is -2.31. The first-order valence-electron chi connectivity index (χ1n) is 10.3. The van der Waals surface area contributed by atoms with E-state index in [1.807, 2.05) is 6.07 Å². The Labute approximate surface area is 203 Å². The van der Waals surface area contributed by atoms with E-state index in [1.54, 1.807) is 41.6 Å². The molecule has 0 saturated heterocycles. The van der Waals surface area contributed by atoms with Gasteiger partial charge in [-0.15, -0.1) is 0 Å². The molecule has 0 bridgehead atoms. The van der Waals surface area contributed by atoms with Gasteiger partial charge in [0.25, 0.3) is 0 Å². The molecule has 0 aliphatic carbocycles. The second-order valence-electron chi connectivity index (χ2n) is 7.39. The van der Waals surface area contributed by atoms with Gasteiger partial charge in [-0.25, -0.2) is 19.7 Å². The summed E-state index contributed by atoms with van der Waals surface area (Å²) in [5, 5.41) is 13.1. The third-order valence-corrected chi connectivity index (χ3v) is 6.02. The lowest BCUT2D eigenvalue weighted by atomic mass is 10.0. The predicted molar refractivity (Wildman–Crippen MR) is 127 cm³/mol. The molecule has 3 aromatic rings. The summed E-state index contributed by atoms with van der Waals surface area (Å²) >= 11 is 3.78. The molecular weight excluding hydrogens is 478 g/mol. The smallest absolute Gasteiger partial charge is 0.231 e. The van der Waals surface area contributed by atoms with E-state index in [9.17, 15) is 18.8 Å². The molecule has 1 atom stereocenters. The van der Waals surface area contributed by atoms with Crippen LogP contribution >= 0.6 is 11.6 Å². The zero-order valence-corrected chi connectivity index (χ0v) is 19.4. The molecule has 0 spiro atoms. The van der Waals surface area contributed by atoms with Crippen molar-refractivity contribution in [2.75, 3.05) is 29.9 Å². The first-order valence-corrected chi connectivity index (χ1v) is 11.8. The zero-order chi connectivity index (χ0) is 24.1. The highest BCUT2D eigenvalue weighted by Gasteiger charge is 2.29.